The van der Waals surface area contributed by atoms with E-state index in [0.717, 1.165) is 19.3 Å². The molecule has 0 aromatic heterocycles. The van der Waals surface area contributed by atoms with Crippen molar-refractivity contribution in [2.24, 2.45) is 17.8 Å². The van der Waals surface area contributed by atoms with Crippen molar-refractivity contribution in [1.29, 1.82) is 0 Å². The number of allylic oxidation sites excluding steroid dienone is 1. The Labute approximate surface area is 293 Å². The number of esters is 1. The minimum atomic E-state index is -1.29. The zero-order valence-corrected chi connectivity index (χ0v) is 30.1. The molecule has 3 heterocycles. The number of hydrogen-bond acceptors (Lipinski definition) is 7. The number of halogens is 1. The first-order valence-electron chi connectivity index (χ1n) is 17.4. The van der Waals surface area contributed by atoms with E-state index in [0.29, 0.717) is 37.9 Å². The predicted molar refractivity (Wildman–Crippen MR) is 187 cm³/mol. The van der Waals surface area contributed by atoms with Gasteiger partial charge in [0.05, 0.1) is 37.1 Å². The first-order valence-corrected chi connectivity index (χ1v) is 18.3. The number of carbonyl (C=O) groups excluding carboxylic acids is 4. The molecular formula is C37H52BrN3O7. The van der Waals surface area contributed by atoms with Gasteiger partial charge in [-0.15, -0.1) is 13.2 Å². The fraction of sp³-hybridized carbons (Fsp3) is 0.622. The lowest BCUT2D eigenvalue weighted by Gasteiger charge is -2.41. The van der Waals surface area contributed by atoms with Gasteiger partial charge in [-0.1, -0.05) is 98.4 Å². The third-order valence-electron chi connectivity index (χ3n) is 10.3. The van der Waals surface area contributed by atoms with Crippen LogP contribution in [0.15, 0.2) is 55.6 Å². The van der Waals surface area contributed by atoms with Crippen molar-refractivity contribution in [1.82, 2.24) is 15.1 Å². The van der Waals surface area contributed by atoms with E-state index in [-0.39, 0.29) is 48.0 Å². The highest BCUT2D eigenvalue weighted by Gasteiger charge is 2.77. The lowest BCUT2D eigenvalue weighted by molar-refractivity contribution is -0.161. The Bertz CT molecular complexity index is 1310. The highest BCUT2D eigenvalue weighted by molar-refractivity contribution is 9.09. The van der Waals surface area contributed by atoms with Crippen LogP contribution >= 0.6 is 15.9 Å². The molecule has 3 aliphatic rings. The van der Waals surface area contributed by atoms with Gasteiger partial charge in [0.1, 0.15) is 17.7 Å². The van der Waals surface area contributed by atoms with Gasteiger partial charge in [-0.2, -0.15) is 0 Å². The highest BCUT2D eigenvalue weighted by Crippen LogP contribution is 2.61. The smallest absolute Gasteiger partial charge is 0.313 e. The lowest BCUT2D eigenvalue weighted by Crippen LogP contribution is -2.60. The molecule has 3 saturated heterocycles. The number of fused-ring (bicyclic) bond motifs is 1. The molecule has 0 radical (unpaired) electrons. The maximum atomic E-state index is 14.7. The fourth-order valence-corrected chi connectivity index (χ4v) is 8.55. The van der Waals surface area contributed by atoms with Crippen molar-refractivity contribution in [3.8, 4) is 0 Å². The molecule has 11 heteroatoms. The minimum Gasteiger partial charge on any atom is -0.455 e. The average Bonchev–Trinajstić information content (AvgIpc) is 3.68. The van der Waals surface area contributed by atoms with Crippen LogP contribution in [0.3, 0.4) is 0 Å². The number of benzene rings is 1. The Kier molecular flexibility index (Phi) is 13.4. The Morgan fingerprint density at radius 2 is 1.94 bits per heavy atom. The molecule has 1 unspecified atom stereocenters. The number of amides is 3. The van der Waals surface area contributed by atoms with E-state index in [4.69, 9.17) is 9.47 Å². The zero-order chi connectivity index (χ0) is 35.0. The van der Waals surface area contributed by atoms with E-state index in [2.05, 4.69) is 41.3 Å². The molecule has 0 aliphatic carbocycles. The molecule has 48 heavy (non-hydrogen) atoms. The zero-order valence-electron chi connectivity index (χ0n) is 28.5. The van der Waals surface area contributed by atoms with Crippen molar-refractivity contribution in [3.63, 3.8) is 0 Å². The number of nitrogens with one attached hydrogen (secondary N) is 1. The van der Waals surface area contributed by atoms with Crippen molar-refractivity contribution in [2.45, 2.75) is 100 Å². The van der Waals surface area contributed by atoms with Gasteiger partial charge in [0.25, 0.3) is 0 Å². The van der Waals surface area contributed by atoms with Crippen LogP contribution in [-0.2, 0) is 28.7 Å². The molecule has 4 rings (SSSR count). The van der Waals surface area contributed by atoms with Gasteiger partial charge in [0, 0.05) is 24.3 Å². The quantitative estimate of drug-likeness (QED) is 0.0915. The first kappa shape index (κ1) is 37.8. The van der Waals surface area contributed by atoms with Crippen LogP contribution in [0.4, 0.5) is 0 Å². The summed E-state index contributed by atoms with van der Waals surface area (Å²) < 4.78 is 12.9. The number of rotatable bonds is 19. The van der Waals surface area contributed by atoms with Gasteiger partial charge < -0.3 is 29.7 Å². The van der Waals surface area contributed by atoms with Gasteiger partial charge in [-0.05, 0) is 30.7 Å². The first-order chi connectivity index (χ1) is 23.1. The van der Waals surface area contributed by atoms with Crippen molar-refractivity contribution < 1.29 is 33.8 Å². The Balaban J connectivity index is 1.71. The maximum Gasteiger partial charge on any atom is 0.313 e. The molecule has 264 valence electrons. The third kappa shape index (κ3) is 7.58. The van der Waals surface area contributed by atoms with Crippen LogP contribution < -0.4 is 5.32 Å². The summed E-state index contributed by atoms with van der Waals surface area (Å²) in [5, 5.41) is 13.5. The molecule has 9 atom stereocenters. The average molecular weight is 731 g/mol. The monoisotopic (exact) mass is 729 g/mol. The normalized spacial score (nSPS) is 27.6. The molecule has 1 aromatic rings. The Hall–Kier alpha value is -3.02. The predicted octanol–water partition coefficient (Wildman–Crippen LogP) is 4.71. The van der Waals surface area contributed by atoms with Crippen molar-refractivity contribution >= 4 is 39.6 Å². The molecule has 1 spiro atoms. The standard InChI is InChI=1S/C37H52BrN3O7/c1-6-10-15-20-40(19-8-3)35(45)33-37-21-26(38)32(48-37)30(31(37)34(44)41(33)27(23-42)24(5)9-4)36(46)47-28(25-16-13-12-14-17-25)22-39-29(43)18-11-7-2/h7-8,12-14,16-17,24,26-28,30-33,42H,2-3,6,9-11,15,18-23H2,1,4-5H3,(H,39,43)/t24-,26?,27-,28-,30+,31-,32+,33+,37-/m0/s1. The van der Waals surface area contributed by atoms with E-state index < -0.39 is 47.7 Å². The fourth-order valence-electron chi connectivity index (χ4n) is 7.60. The molecular weight excluding hydrogens is 678 g/mol. The number of likely N-dealkylation sites (tertiary alicyclic amines) is 1. The van der Waals surface area contributed by atoms with E-state index in [9.17, 15) is 24.3 Å². The Morgan fingerprint density at radius 3 is 2.56 bits per heavy atom. The number of carbonyl (C=O) groups is 4. The van der Waals surface area contributed by atoms with Gasteiger partial charge in [-0.3, -0.25) is 19.2 Å². The number of ether oxygens (including phenoxy) is 2. The molecule has 10 nitrogen and oxygen atoms in total. The SMILES string of the molecule is C=CCCC(=O)NC[C@H](OC(=O)[C@H]1[C@@H]2O[C@@]3(CC2Br)[C@@H]1C(=O)N([C@@H](CO)[C@@H](C)CC)[C@@H]3C(=O)N(CC=C)CCCCC)c1ccccc1. The van der Waals surface area contributed by atoms with E-state index in [1.54, 1.807) is 17.1 Å². The molecule has 3 aliphatic heterocycles. The summed E-state index contributed by atoms with van der Waals surface area (Å²) in [6.45, 7) is 14.1. The van der Waals surface area contributed by atoms with Gasteiger partial charge in [0.2, 0.25) is 17.7 Å². The summed E-state index contributed by atoms with van der Waals surface area (Å²) >= 11 is 3.73. The number of aliphatic hydroxyl groups is 1. The van der Waals surface area contributed by atoms with Crippen LogP contribution in [0.5, 0.6) is 0 Å². The summed E-state index contributed by atoms with van der Waals surface area (Å²) in [6, 6.07) is 7.47. The molecule has 1 aromatic carbocycles. The van der Waals surface area contributed by atoms with Gasteiger partial charge in [0.15, 0.2) is 0 Å². The van der Waals surface area contributed by atoms with E-state index in [1.165, 1.54) is 4.90 Å². The van der Waals surface area contributed by atoms with Crippen molar-refractivity contribution in [2.75, 3.05) is 26.2 Å². The second-order valence-electron chi connectivity index (χ2n) is 13.3. The molecule has 3 amide bonds. The molecule has 2 bridgehead atoms. The topological polar surface area (TPSA) is 125 Å². The Morgan fingerprint density at radius 1 is 1.21 bits per heavy atom. The highest BCUT2D eigenvalue weighted by atomic mass is 79.9. The van der Waals surface area contributed by atoms with Gasteiger partial charge in [-0.25, -0.2) is 0 Å². The summed E-state index contributed by atoms with van der Waals surface area (Å²) in [7, 11) is 0. The van der Waals surface area contributed by atoms with Crippen LogP contribution in [0, 0.1) is 17.8 Å². The summed E-state index contributed by atoms with van der Waals surface area (Å²) in [5.41, 5.74) is -0.594. The number of nitrogens with zero attached hydrogens (tertiary/aromatic N) is 2. The molecule has 3 fully saturated rings. The number of alkyl halides is 1. The van der Waals surface area contributed by atoms with E-state index in [1.807, 2.05) is 44.2 Å². The summed E-state index contributed by atoms with van der Waals surface area (Å²) in [6.07, 6.45) is 6.36. The molecule has 0 saturated carbocycles. The molecule has 2 N–H and O–H groups in total. The van der Waals surface area contributed by atoms with Crippen LogP contribution in [0.1, 0.15) is 77.4 Å². The largest absolute Gasteiger partial charge is 0.455 e. The van der Waals surface area contributed by atoms with Crippen LogP contribution in [0.2, 0.25) is 0 Å². The summed E-state index contributed by atoms with van der Waals surface area (Å²) in [5.74, 6) is -3.55. The van der Waals surface area contributed by atoms with Crippen LogP contribution in [-0.4, -0.2) is 93.5 Å². The lowest BCUT2D eigenvalue weighted by atomic mass is 9.70. The second kappa shape index (κ2) is 17.1. The van der Waals surface area contributed by atoms with Crippen molar-refractivity contribution in [3.05, 3.63) is 61.2 Å². The number of aliphatic hydroxyl groups excluding tert-OH is 1. The van der Waals surface area contributed by atoms with E-state index >= 15 is 0 Å². The second-order valence-corrected chi connectivity index (χ2v) is 14.5. The third-order valence-corrected chi connectivity index (χ3v) is 11.1. The summed E-state index contributed by atoms with van der Waals surface area (Å²) in [4.78, 5) is 59.1. The van der Waals surface area contributed by atoms with Crippen LogP contribution in [0.25, 0.3) is 0 Å². The minimum absolute atomic E-state index is 0.0492. The number of unbranched alkanes of at least 4 members (excludes halogenated alkanes) is 2. The number of hydrogen-bond donors (Lipinski definition) is 2. The maximum absolute atomic E-state index is 14.7. The van der Waals surface area contributed by atoms with Gasteiger partial charge >= 0.3 is 5.97 Å².